The minimum atomic E-state index is -3.01. The number of fused-ring (bicyclic) bond motifs is 1. The van der Waals surface area contributed by atoms with Crippen molar-refractivity contribution in [2.45, 2.75) is 31.7 Å². The summed E-state index contributed by atoms with van der Waals surface area (Å²) >= 11 is 7.78. The first-order chi connectivity index (χ1) is 13.2. The zero-order valence-corrected chi connectivity index (χ0v) is 17.9. The van der Waals surface area contributed by atoms with Gasteiger partial charge in [0.15, 0.2) is 15.0 Å². The first-order valence-electron chi connectivity index (χ1n) is 8.95. The number of benzene rings is 2. The molecule has 0 N–H and O–H groups in total. The van der Waals surface area contributed by atoms with Crippen molar-refractivity contribution < 1.29 is 12.8 Å². The summed E-state index contributed by atoms with van der Waals surface area (Å²) in [5, 5.41) is 1.10. The lowest BCUT2D eigenvalue weighted by Gasteiger charge is -2.26. The van der Waals surface area contributed by atoms with E-state index in [-0.39, 0.29) is 28.6 Å². The third-order valence-corrected chi connectivity index (χ3v) is 8.50. The first kappa shape index (κ1) is 19.7. The van der Waals surface area contributed by atoms with E-state index >= 15 is 0 Å². The van der Waals surface area contributed by atoms with Gasteiger partial charge in [-0.3, -0.25) is 4.99 Å². The van der Waals surface area contributed by atoms with Gasteiger partial charge in [-0.05, 0) is 54.8 Å². The molecule has 0 radical (unpaired) electrons. The van der Waals surface area contributed by atoms with E-state index in [1.54, 1.807) is 6.07 Å². The van der Waals surface area contributed by atoms with Crippen molar-refractivity contribution in [2.75, 3.05) is 16.4 Å². The Labute approximate surface area is 173 Å². The van der Waals surface area contributed by atoms with E-state index < -0.39 is 9.84 Å². The average Bonchev–Trinajstić information content (AvgIpc) is 3.06. The van der Waals surface area contributed by atoms with Gasteiger partial charge in [-0.15, -0.1) is 0 Å². The number of aryl methyl sites for hydroxylation is 2. The number of anilines is 1. The van der Waals surface area contributed by atoms with Crippen LogP contribution in [-0.4, -0.2) is 36.4 Å². The van der Waals surface area contributed by atoms with E-state index in [1.165, 1.54) is 23.9 Å². The quantitative estimate of drug-likeness (QED) is 0.713. The number of rotatable bonds is 3. The molecule has 28 heavy (non-hydrogen) atoms. The molecule has 4 rings (SSSR count). The minimum absolute atomic E-state index is 0.0444. The van der Waals surface area contributed by atoms with Crippen LogP contribution in [0.3, 0.4) is 0 Å². The fourth-order valence-electron chi connectivity index (χ4n) is 3.67. The number of halogens is 2. The lowest BCUT2D eigenvalue weighted by Crippen LogP contribution is -2.28. The normalized spacial score (nSPS) is 22.8. The molecule has 8 heteroatoms. The van der Waals surface area contributed by atoms with Crippen molar-refractivity contribution >= 4 is 44.1 Å². The number of hydrogen-bond acceptors (Lipinski definition) is 5. The molecular formula is C20H20ClFN2O2S2. The molecular weight excluding hydrogens is 419 g/mol. The van der Waals surface area contributed by atoms with Crippen LogP contribution in [0.1, 0.15) is 16.7 Å². The molecule has 148 valence electrons. The standard InChI is InChI=1S/C20H20ClFN2O2S2/c1-12-5-13(2)7-16(6-12)24(9-14-3-4-15(22)8-17(14)21)20-23-18-10-28(25,26)11-19(18)27-20/h3-8,18-19H,9-11H2,1-2H3/t18-,19+/m0/s1. The predicted octanol–water partition coefficient (Wildman–Crippen LogP) is 4.37. The van der Waals surface area contributed by atoms with Crippen molar-refractivity contribution in [3.05, 3.63) is 63.9 Å². The van der Waals surface area contributed by atoms with Crippen molar-refractivity contribution in [1.29, 1.82) is 0 Å². The molecule has 0 aromatic heterocycles. The van der Waals surface area contributed by atoms with Gasteiger partial charge in [-0.25, -0.2) is 12.8 Å². The second-order valence-corrected chi connectivity index (χ2v) is 11.1. The Balaban J connectivity index is 1.72. The number of aliphatic imine (C=N–C) groups is 1. The molecule has 0 aliphatic carbocycles. The van der Waals surface area contributed by atoms with Gasteiger partial charge in [0.05, 0.1) is 24.1 Å². The Bertz CT molecular complexity index is 1050. The highest BCUT2D eigenvalue weighted by molar-refractivity contribution is 8.15. The summed E-state index contributed by atoms with van der Waals surface area (Å²) in [6, 6.07) is 10.4. The average molecular weight is 439 g/mol. The SMILES string of the molecule is Cc1cc(C)cc(N(Cc2ccc(F)cc2Cl)C2=N[C@H]3CS(=O)(=O)C[C@H]3S2)c1. The van der Waals surface area contributed by atoms with E-state index in [0.29, 0.717) is 11.6 Å². The molecule has 0 saturated carbocycles. The maximum atomic E-state index is 13.5. The van der Waals surface area contributed by atoms with Crippen LogP contribution in [0.5, 0.6) is 0 Å². The van der Waals surface area contributed by atoms with Crippen LogP contribution in [-0.2, 0) is 16.4 Å². The van der Waals surface area contributed by atoms with E-state index in [1.807, 2.05) is 13.8 Å². The topological polar surface area (TPSA) is 49.7 Å². The number of hydrogen-bond donors (Lipinski definition) is 0. The molecule has 2 aliphatic rings. The largest absolute Gasteiger partial charge is 0.317 e. The van der Waals surface area contributed by atoms with Crippen LogP contribution in [0.2, 0.25) is 5.02 Å². The van der Waals surface area contributed by atoms with Gasteiger partial charge in [0.2, 0.25) is 0 Å². The Morgan fingerprint density at radius 3 is 2.54 bits per heavy atom. The molecule has 2 atom stereocenters. The Morgan fingerprint density at radius 2 is 1.89 bits per heavy atom. The predicted molar refractivity (Wildman–Crippen MR) is 115 cm³/mol. The number of sulfone groups is 1. The van der Waals surface area contributed by atoms with Crippen molar-refractivity contribution in [3.63, 3.8) is 0 Å². The van der Waals surface area contributed by atoms with E-state index in [2.05, 4.69) is 23.1 Å². The summed E-state index contributed by atoms with van der Waals surface area (Å²) in [6.45, 7) is 4.49. The Morgan fingerprint density at radius 1 is 1.18 bits per heavy atom. The summed E-state index contributed by atoms with van der Waals surface area (Å²) in [6.07, 6.45) is 0. The van der Waals surface area contributed by atoms with Gasteiger partial charge in [0.1, 0.15) is 5.82 Å². The molecule has 1 saturated heterocycles. The van der Waals surface area contributed by atoms with Crippen LogP contribution in [0.4, 0.5) is 10.1 Å². The molecule has 2 aliphatic heterocycles. The molecule has 0 spiro atoms. The van der Waals surface area contributed by atoms with Gasteiger partial charge in [0, 0.05) is 16.0 Å². The zero-order valence-electron chi connectivity index (χ0n) is 15.5. The van der Waals surface area contributed by atoms with Gasteiger partial charge < -0.3 is 4.90 Å². The maximum Gasteiger partial charge on any atom is 0.164 e. The number of thioether (sulfide) groups is 1. The van der Waals surface area contributed by atoms with E-state index in [0.717, 1.165) is 27.5 Å². The fourth-order valence-corrected chi connectivity index (χ4v) is 7.67. The van der Waals surface area contributed by atoms with Crippen molar-refractivity contribution in [2.24, 2.45) is 4.99 Å². The van der Waals surface area contributed by atoms with Crippen LogP contribution < -0.4 is 4.90 Å². The second kappa shape index (κ2) is 7.35. The lowest BCUT2D eigenvalue weighted by atomic mass is 10.1. The highest BCUT2D eigenvalue weighted by atomic mass is 35.5. The van der Waals surface area contributed by atoms with Gasteiger partial charge in [-0.2, -0.15) is 0 Å². The number of amidine groups is 1. The maximum absolute atomic E-state index is 13.5. The van der Waals surface area contributed by atoms with E-state index in [4.69, 9.17) is 16.6 Å². The molecule has 4 nitrogen and oxygen atoms in total. The molecule has 2 heterocycles. The molecule has 0 amide bonds. The van der Waals surface area contributed by atoms with Gasteiger partial charge >= 0.3 is 0 Å². The van der Waals surface area contributed by atoms with Crippen LogP contribution in [0.25, 0.3) is 0 Å². The summed E-state index contributed by atoms with van der Waals surface area (Å²) in [7, 11) is -3.01. The minimum Gasteiger partial charge on any atom is -0.317 e. The van der Waals surface area contributed by atoms with Crippen LogP contribution >= 0.6 is 23.4 Å². The molecule has 0 unspecified atom stereocenters. The summed E-state index contributed by atoms with van der Waals surface area (Å²) < 4.78 is 37.3. The van der Waals surface area contributed by atoms with Crippen molar-refractivity contribution in [3.8, 4) is 0 Å². The molecule has 2 aromatic carbocycles. The monoisotopic (exact) mass is 438 g/mol. The Hall–Kier alpha value is -1.57. The third kappa shape index (κ3) is 4.07. The van der Waals surface area contributed by atoms with Crippen LogP contribution in [0.15, 0.2) is 41.4 Å². The summed E-state index contributed by atoms with van der Waals surface area (Å²) in [5.41, 5.74) is 4.00. The highest BCUT2D eigenvalue weighted by Crippen LogP contribution is 2.38. The summed E-state index contributed by atoms with van der Waals surface area (Å²) in [4.78, 5) is 6.78. The third-order valence-electron chi connectivity index (χ3n) is 4.90. The first-order valence-corrected chi connectivity index (χ1v) is 12.0. The molecule has 2 aromatic rings. The van der Waals surface area contributed by atoms with Crippen molar-refractivity contribution in [1.82, 2.24) is 0 Å². The van der Waals surface area contributed by atoms with Gasteiger partial charge in [-0.1, -0.05) is 35.5 Å². The van der Waals surface area contributed by atoms with Gasteiger partial charge in [0.25, 0.3) is 0 Å². The summed E-state index contributed by atoms with van der Waals surface area (Å²) in [5.74, 6) is -0.113. The number of nitrogens with zero attached hydrogens (tertiary/aromatic N) is 2. The zero-order chi connectivity index (χ0) is 20.1. The lowest BCUT2D eigenvalue weighted by molar-refractivity contribution is 0.601. The fraction of sp³-hybridized carbons (Fsp3) is 0.350. The molecule has 0 bridgehead atoms. The van der Waals surface area contributed by atoms with Crippen LogP contribution in [0, 0.1) is 19.7 Å². The molecule has 1 fully saturated rings. The highest BCUT2D eigenvalue weighted by Gasteiger charge is 2.44. The second-order valence-electron chi connectivity index (χ2n) is 7.38. The Kier molecular flexibility index (Phi) is 5.18. The smallest absolute Gasteiger partial charge is 0.164 e. The van der Waals surface area contributed by atoms with E-state index in [9.17, 15) is 12.8 Å².